The van der Waals surface area contributed by atoms with Crippen LogP contribution in [0.25, 0.3) is 0 Å². The Labute approximate surface area is 808 Å². The number of amides is 9. The highest BCUT2D eigenvalue weighted by atomic mass is 19.3. The van der Waals surface area contributed by atoms with Crippen molar-refractivity contribution < 1.29 is 94.3 Å². The first-order valence-corrected chi connectivity index (χ1v) is 45.3. The van der Waals surface area contributed by atoms with E-state index in [0.717, 1.165) is 127 Å². The standard InChI is InChI=1S/C8H10N2O.C7H13NO.C6H14N2O.C6H10N2.C6H11NO.C6H9NO.2C6H11NO.C5H11NO2.C5H9NO.2C5H6O.C4H6N2.C4H9NO.C4H8O.C3H6F2.2C3H6O.C3H4.C2H4O2.C2H6/c1-7(11)10-6-8-4-2-3-5-9-8;1-7(9)8-5-3-2-4-6-8;1-6(9)7-4-5-8(2)3;1-3-8-5-6(2)4-7-8;1-5-3-7(4-5)6(2)8;1-4-5(2)7-8-6(4)3;1-5(8)7-4-6-2-3-6;1-5(8)7-6-3-2-4-6;1-5(7)6-3-4-8-2;1-5(7)6-3-2-4-6;1-5-2-3-6-4-5;1-5-3-2-4-6-5;1-4-2-5-6-3-4;1-4(6)5(2)3;1-3-4(2)5;1-3(2,4)5;2*1-3(2)4;1-3-2;1-2(3)4;1-2/h2-5H,6H2,1H3,(H,10,11);2-6H2,1H3;4-5H2,1-3H3,(H,7,9);4-5H,3H2,1-2H3;5H,3-4H2,1-2H3;1-3H3;2*6H,2-4H2,1H3,(H,7,8);3-4H2,1-2H3,(H,6,7);2-4H2,1H3;2*2-4H,1H3;2-3H,1H3,(H,5,6);1-3H3;3H2,1-2H3;1-2H3;2*1-2H3;1H,2H3;1H3,(H,3,4);1-2H3. The number of hydrogen-bond donors (Lipinski definition) is 7. The summed E-state index contributed by atoms with van der Waals surface area (Å²) >= 11 is 0. The van der Waals surface area contributed by atoms with Gasteiger partial charge < -0.3 is 88.7 Å². The number of rotatable bonds is 13. The maximum absolute atomic E-state index is 11.0. The predicted octanol–water partition coefficient (Wildman–Crippen LogP) is 15.5. The highest BCUT2D eigenvalue weighted by Crippen LogP contribution is 2.27. The highest BCUT2D eigenvalue weighted by molar-refractivity contribution is 5.77. The number of methoxy groups -OCH3 is 1. The molecule has 0 radical (unpaired) electrons. The number of hydrogen-bond acceptors (Lipinski definition) is 22. The molecular formula is C99H176F2N16O18. The average Bonchev–Trinajstić information content (AvgIpc) is 1.76. The van der Waals surface area contributed by atoms with Gasteiger partial charge in [-0.1, -0.05) is 38.9 Å². The second-order valence-corrected chi connectivity index (χ2v) is 31.7. The molecule has 9 amide bonds. The summed E-state index contributed by atoms with van der Waals surface area (Å²) in [4.78, 5) is 144. The van der Waals surface area contributed by atoms with Gasteiger partial charge in [-0.25, -0.2) is 8.78 Å². The number of furan rings is 2. The number of carbonyl (C=O) groups excluding carboxylic acids is 12. The molecule has 6 aromatic rings. The zero-order valence-corrected chi connectivity index (χ0v) is 88.8. The molecule has 0 unspecified atom stereocenters. The number of terminal acetylenes is 1. The number of carbonyl (C=O) groups is 13. The van der Waals surface area contributed by atoms with Crippen LogP contribution < -0.4 is 26.6 Å². The molecule has 9 heterocycles. The maximum atomic E-state index is 11.0. The number of ether oxygens (including phenoxy) is 1. The molecule has 7 N–H and O–H groups in total. The highest BCUT2D eigenvalue weighted by Gasteiger charge is 2.24. The Bertz CT molecular complexity index is 3790. The quantitative estimate of drug-likeness (QED) is 0.0417. The molecule has 0 atom stereocenters. The minimum absolute atomic E-state index is 0.0120. The summed E-state index contributed by atoms with van der Waals surface area (Å²) in [7, 11) is 9.00. The summed E-state index contributed by atoms with van der Waals surface area (Å²) in [5.74, 6) is 3.88. The number of H-pyrrole nitrogens is 1. The van der Waals surface area contributed by atoms with Crippen molar-refractivity contribution in [3.63, 3.8) is 0 Å². The normalized spacial score (nSPS) is 11.8. The summed E-state index contributed by atoms with van der Waals surface area (Å²) < 4.78 is 43.0. The number of likely N-dealkylation sites (tertiary alicyclic amines) is 3. The molecule has 3 aliphatic heterocycles. The van der Waals surface area contributed by atoms with Crippen LogP contribution in [0, 0.1) is 72.6 Å². The summed E-state index contributed by atoms with van der Waals surface area (Å²) in [5, 5.41) is 35.1. The lowest BCUT2D eigenvalue weighted by molar-refractivity contribution is -0.135. The van der Waals surface area contributed by atoms with Crippen molar-refractivity contribution in [2.45, 2.75) is 297 Å². The van der Waals surface area contributed by atoms with Crippen molar-refractivity contribution in [1.82, 2.24) is 81.2 Å². The van der Waals surface area contributed by atoms with Gasteiger partial charge in [0.1, 0.15) is 28.9 Å². The monoisotopic (exact) mass is 1920 g/mol. The molecule has 5 aliphatic rings. The lowest BCUT2D eigenvalue weighted by Crippen LogP contribution is -2.47. The molecule has 3 saturated heterocycles. The summed E-state index contributed by atoms with van der Waals surface area (Å²) in [6.07, 6.45) is 30.7. The third kappa shape index (κ3) is 133. The number of likely N-dealkylation sites (N-methyl/N-ethyl adjacent to an activating group) is 1. The first-order valence-electron chi connectivity index (χ1n) is 45.3. The fourth-order valence-corrected chi connectivity index (χ4v) is 7.93. The number of carboxylic acids is 1. The molecule has 36 heteroatoms. The van der Waals surface area contributed by atoms with E-state index in [-0.39, 0.29) is 70.5 Å². The Hall–Kier alpha value is -11.6. The summed E-state index contributed by atoms with van der Waals surface area (Å²) in [6, 6.07) is 11.8. The Kier molecular flexibility index (Phi) is 103. The fraction of sp³-hybridized carbons (Fsp3) is 0.626. The molecule has 2 aliphatic carbocycles. The van der Waals surface area contributed by atoms with Gasteiger partial charge in [0.05, 0.1) is 55.7 Å². The van der Waals surface area contributed by atoms with E-state index in [9.17, 15) is 66.3 Å². The van der Waals surface area contributed by atoms with Crippen molar-refractivity contribution in [2.75, 3.05) is 107 Å². The second kappa shape index (κ2) is 96.9. The lowest BCUT2D eigenvalue weighted by Gasteiger charge is -2.36. The maximum Gasteiger partial charge on any atom is 0.300 e. The van der Waals surface area contributed by atoms with E-state index in [1.54, 1.807) is 101 Å². The van der Waals surface area contributed by atoms with Crippen molar-refractivity contribution in [1.29, 1.82) is 0 Å². The lowest BCUT2D eigenvalue weighted by atomic mass is 9.93. The van der Waals surface area contributed by atoms with E-state index in [0.29, 0.717) is 32.2 Å². The third-order valence-electron chi connectivity index (χ3n) is 15.9. The van der Waals surface area contributed by atoms with Crippen LogP contribution in [0.2, 0.25) is 0 Å². The van der Waals surface area contributed by atoms with E-state index < -0.39 is 11.9 Å². The number of aromatic nitrogens is 6. The number of nitrogens with one attached hydrogen (secondary N) is 6. The SMILES string of the molecule is C#CC.CC.CC(=O)N(C)C.CC(=O)N1CC(C)C1.CC(=O)N1CCC1.CC(=O)N1CCCCC1.CC(=O)NC1CCC1.CC(=O)NCC1CC1.CC(=O)NCCN(C)C.CC(=O)NCc1ccccn1.CC(=O)O.CC(C)(F)F.CC(C)=O.CC(C)=O.CCC(C)=O.CCn1cc(C)cn1.COCCNC(C)=O.Cc1ccco1.Cc1ccoc1.Cc1cn[nH]c1.Cc1noc(C)c1C. The molecule has 34 nitrogen and oxygen atoms in total. The smallest absolute Gasteiger partial charge is 0.300 e. The summed E-state index contributed by atoms with van der Waals surface area (Å²) in [6.45, 7) is 61.1. The van der Waals surface area contributed by atoms with E-state index in [2.05, 4.69) is 82.9 Å². The number of aromatic amines is 1. The molecular weight excluding hydrogens is 1740 g/mol. The Morgan fingerprint density at radius 1 is 0.622 bits per heavy atom. The van der Waals surface area contributed by atoms with Gasteiger partial charge in [0.25, 0.3) is 5.97 Å². The van der Waals surface area contributed by atoms with Crippen LogP contribution in [-0.4, -0.2) is 256 Å². The van der Waals surface area contributed by atoms with Gasteiger partial charge in [0.15, 0.2) is 0 Å². The zero-order valence-electron chi connectivity index (χ0n) is 88.8. The minimum atomic E-state index is -2.50. The number of nitrogens with zero attached hydrogens (tertiary/aromatic N) is 10. The first-order chi connectivity index (χ1) is 62.8. The number of ketones is 3. The van der Waals surface area contributed by atoms with Gasteiger partial charge in [0.2, 0.25) is 59.1 Å². The molecule has 6 aromatic heterocycles. The zero-order chi connectivity index (χ0) is 107. The predicted molar refractivity (Wildman–Crippen MR) is 534 cm³/mol. The molecule has 0 aromatic carbocycles. The fourth-order valence-electron chi connectivity index (χ4n) is 7.93. The van der Waals surface area contributed by atoms with Gasteiger partial charge in [-0.15, -0.1) is 12.3 Å². The van der Waals surface area contributed by atoms with Crippen molar-refractivity contribution >= 4 is 76.5 Å². The molecule has 2 saturated carbocycles. The topological polar surface area (TPSA) is 439 Å². The van der Waals surface area contributed by atoms with Gasteiger partial charge >= 0.3 is 0 Å². The molecule has 0 bridgehead atoms. The van der Waals surface area contributed by atoms with E-state index in [1.807, 2.05) is 163 Å². The average molecular weight is 1920 g/mol. The van der Waals surface area contributed by atoms with Gasteiger partial charge in [0, 0.05) is 199 Å². The van der Waals surface area contributed by atoms with Crippen LogP contribution in [0.15, 0.2) is 99.5 Å². The third-order valence-corrected chi connectivity index (χ3v) is 15.9. The summed E-state index contributed by atoms with van der Waals surface area (Å²) in [5.41, 5.74) is 6.60. The van der Waals surface area contributed by atoms with E-state index >= 15 is 0 Å². The number of aliphatic carboxylic acids is 1. The minimum Gasteiger partial charge on any atom is -0.481 e. The Morgan fingerprint density at radius 2 is 1.08 bits per heavy atom. The molecule has 774 valence electrons. The number of Topliss-reactive ketones (excluding diaryl/α,β-unsaturated/α-hetero) is 3. The van der Waals surface area contributed by atoms with Crippen LogP contribution in [-0.2, 0) is 80.2 Å². The number of carboxylic acid groups (broad SMARTS) is 1. The van der Waals surface area contributed by atoms with E-state index in [4.69, 9.17) is 23.3 Å². The van der Waals surface area contributed by atoms with Crippen LogP contribution in [0.1, 0.15) is 269 Å². The number of aryl methyl sites for hydroxylation is 7. The van der Waals surface area contributed by atoms with Gasteiger partial charge in [-0.2, -0.15) is 10.2 Å². The van der Waals surface area contributed by atoms with Crippen LogP contribution in [0.3, 0.4) is 0 Å². The van der Waals surface area contributed by atoms with Crippen molar-refractivity contribution in [3.05, 3.63) is 131 Å². The van der Waals surface area contributed by atoms with Crippen molar-refractivity contribution in [3.8, 4) is 12.3 Å². The molecule has 135 heavy (non-hydrogen) atoms. The molecule has 11 rings (SSSR count). The van der Waals surface area contributed by atoms with E-state index in [1.165, 1.54) is 135 Å². The first kappa shape index (κ1) is 144. The van der Waals surface area contributed by atoms with Crippen molar-refractivity contribution in [2.24, 2.45) is 11.8 Å². The number of piperidine rings is 1. The molecule has 0 spiro atoms. The van der Waals surface area contributed by atoms with Crippen LogP contribution in [0.5, 0.6) is 0 Å². The number of pyridine rings is 1. The largest absolute Gasteiger partial charge is 0.481 e. The van der Waals surface area contributed by atoms with Crippen LogP contribution >= 0.6 is 0 Å². The van der Waals surface area contributed by atoms with Crippen LogP contribution in [0.4, 0.5) is 8.78 Å². The Morgan fingerprint density at radius 3 is 1.27 bits per heavy atom. The number of alkyl halides is 2. The Balaban J connectivity index is -0.000000153. The number of halogens is 2. The molecule has 5 fully saturated rings. The van der Waals surface area contributed by atoms with Gasteiger partial charge in [-0.3, -0.25) is 62.7 Å². The second-order valence-electron chi connectivity index (χ2n) is 31.7. The van der Waals surface area contributed by atoms with Gasteiger partial charge in [-0.05, 0) is 242 Å².